The van der Waals surface area contributed by atoms with Gasteiger partial charge < -0.3 is 20.5 Å². The van der Waals surface area contributed by atoms with E-state index in [1.807, 2.05) is 11.8 Å². The van der Waals surface area contributed by atoms with Crippen molar-refractivity contribution in [2.24, 2.45) is 0 Å². The molecule has 1 saturated heterocycles. The molecular weight excluding hydrogens is 273 g/mol. The number of aliphatic hydroxyl groups excluding tert-OH is 1. The molecule has 4 nitrogen and oxygen atoms in total. The lowest BCUT2D eigenvalue weighted by Gasteiger charge is -2.38. The molecule has 0 radical (unpaired) electrons. The Morgan fingerprint density at radius 1 is 1.40 bits per heavy atom. The van der Waals surface area contributed by atoms with Crippen LogP contribution in [0, 0.1) is 0 Å². The molecule has 2 unspecified atom stereocenters. The summed E-state index contributed by atoms with van der Waals surface area (Å²) >= 11 is 0. The van der Waals surface area contributed by atoms with Gasteiger partial charge in [-0.15, -0.1) is 0 Å². The van der Waals surface area contributed by atoms with Crippen molar-refractivity contribution in [1.29, 1.82) is 0 Å². The molecule has 2 atom stereocenters. The van der Waals surface area contributed by atoms with E-state index in [1.54, 1.807) is 0 Å². The number of ether oxygens (including phenoxy) is 1. The van der Waals surface area contributed by atoms with E-state index in [1.165, 1.54) is 6.07 Å². The summed E-state index contributed by atoms with van der Waals surface area (Å²) in [6.07, 6.45) is -4.89. The molecule has 1 aliphatic heterocycles. The van der Waals surface area contributed by atoms with Crippen molar-refractivity contribution in [3.8, 4) is 0 Å². The van der Waals surface area contributed by atoms with Crippen LogP contribution in [0.3, 0.4) is 0 Å². The molecule has 1 aromatic rings. The van der Waals surface area contributed by atoms with Crippen LogP contribution in [0.2, 0.25) is 0 Å². The predicted molar refractivity (Wildman–Crippen MR) is 69.5 cm³/mol. The Balaban J connectivity index is 2.24. The number of anilines is 2. The predicted octanol–water partition coefficient (Wildman–Crippen LogP) is 1.87. The summed E-state index contributed by atoms with van der Waals surface area (Å²) in [5.41, 5.74) is 5.58. The van der Waals surface area contributed by atoms with Crippen molar-refractivity contribution >= 4 is 11.4 Å². The Labute approximate surface area is 114 Å². The summed E-state index contributed by atoms with van der Waals surface area (Å²) < 4.78 is 43.3. The van der Waals surface area contributed by atoms with Crippen molar-refractivity contribution in [2.75, 3.05) is 30.3 Å². The molecule has 20 heavy (non-hydrogen) atoms. The van der Waals surface area contributed by atoms with Crippen LogP contribution in [0.5, 0.6) is 0 Å². The average Bonchev–Trinajstić information content (AvgIpc) is 2.36. The topological polar surface area (TPSA) is 58.7 Å². The Kier molecular flexibility index (Phi) is 4.10. The van der Waals surface area contributed by atoms with Crippen molar-refractivity contribution in [1.82, 2.24) is 0 Å². The van der Waals surface area contributed by atoms with E-state index in [2.05, 4.69) is 0 Å². The fraction of sp³-hybridized carbons (Fsp3) is 0.538. The number of alkyl halides is 3. The van der Waals surface area contributed by atoms with Gasteiger partial charge >= 0.3 is 6.18 Å². The van der Waals surface area contributed by atoms with Crippen LogP contribution in [-0.2, 0) is 10.9 Å². The molecule has 0 amide bonds. The van der Waals surface area contributed by atoms with Crippen LogP contribution in [-0.4, -0.2) is 37.0 Å². The average molecular weight is 290 g/mol. The van der Waals surface area contributed by atoms with E-state index in [9.17, 15) is 13.2 Å². The van der Waals surface area contributed by atoms with Gasteiger partial charge in [0.05, 0.1) is 35.8 Å². The lowest BCUT2D eigenvalue weighted by molar-refractivity contribution is -0.137. The zero-order chi connectivity index (χ0) is 14.9. The van der Waals surface area contributed by atoms with E-state index in [4.69, 9.17) is 15.6 Å². The SMILES string of the molecule is CC1CN(c2ccc(C(F)(F)F)cc2N)CC(CO)O1. The summed E-state index contributed by atoms with van der Waals surface area (Å²) in [6.45, 7) is 2.62. The first-order chi connectivity index (χ1) is 9.31. The minimum absolute atomic E-state index is 0.0746. The van der Waals surface area contributed by atoms with Gasteiger partial charge in [-0.1, -0.05) is 0 Å². The number of nitrogens with two attached hydrogens (primary N) is 1. The number of benzene rings is 1. The van der Waals surface area contributed by atoms with Crippen LogP contribution in [0.4, 0.5) is 24.5 Å². The van der Waals surface area contributed by atoms with E-state index in [-0.39, 0.29) is 24.5 Å². The number of aliphatic hydroxyl groups is 1. The quantitative estimate of drug-likeness (QED) is 0.816. The van der Waals surface area contributed by atoms with Gasteiger partial charge in [0.2, 0.25) is 0 Å². The fourth-order valence-corrected chi connectivity index (χ4v) is 2.36. The number of morpholine rings is 1. The maximum atomic E-state index is 12.6. The van der Waals surface area contributed by atoms with Gasteiger partial charge in [-0.25, -0.2) is 0 Å². The van der Waals surface area contributed by atoms with Gasteiger partial charge in [0, 0.05) is 13.1 Å². The minimum Gasteiger partial charge on any atom is -0.397 e. The highest BCUT2D eigenvalue weighted by molar-refractivity contribution is 5.69. The second kappa shape index (κ2) is 5.49. The molecular formula is C13H17F3N2O2. The number of nitrogens with zero attached hydrogens (tertiary/aromatic N) is 1. The maximum Gasteiger partial charge on any atom is 0.416 e. The Bertz CT molecular complexity index is 479. The van der Waals surface area contributed by atoms with E-state index >= 15 is 0 Å². The highest BCUT2D eigenvalue weighted by Gasteiger charge is 2.32. The molecule has 7 heteroatoms. The van der Waals surface area contributed by atoms with Crippen LogP contribution in [0.25, 0.3) is 0 Å². The number of hydrogen-bond acceptors (Lipinski definition) is 4. The summed E-state index contributed by atoms with van der Waals surface area (Å²) in [7, 11) is 0. The summed E-state index contributed by atoms with van der Waals surface area (Å²) in [4.78, 5) is 1.84. The Morgan fingerprint density at radius 2 is 2.10 bits per heavy atom. The molecule has 3 N–H and O–H groups in total. The smallest absolute Gasteiger partial charge is 0.397 e. The highest BCUT2D eigenvalue weighted by atomic mass is 19.4. The van der Waals surface area contributed by atoms with Crippen molar-refractivity contribution < 1.29 is 23.0 Å². The van der Waals surface area contributed by atoms with Crippen LogP contribution >= 0.6 is 0 Å². The normalized spacial score (nSPS) is 23.9. The monoisotopic (exact) mass is 290 g/mol. The van der Waals surface area contributed by atoms with Crippen molar-refractivity contribution in [3.63, 3.8) is 0 Å². The lowest BCUT2D eigenvalue weighted by Crippen LogP contribution is -2.48. The number of hydrogen-bond donors (Lipinski definition) is 2. The van der Waals surface area contributed by atoms with E-state index in [0.717, 1.165) is 12.1 Å². The van der Waals surface area contributed by atoms with Gasteiger partial charge in [0.15, 0.2) is 0 Å². The van der Waals surface area contributed by atoms with Crippen molar-refractivity contribution in [3.05, 3.63) is 23.8 Å². The standard InChI is InChI=1S/C13H17F3N2O2/c1-8-5-18(6-10(7-19)20-8)12-3-2-9(4-11(12)17)13(14,15)16/h2-4,8,10,19H,5-7,17H2,1H3. The molecule has 1 heterocycles. The summed E-state index contributed by atoms with van der Waals surface area (Å²) in [5, 5.41) is 9.16. The Morgan fingerprint density at radius 3 is 2.65 bits per heavy atom. The molecule has 0 aliphatic carbocycles. The third-order valence-electron chi connectivity index (χ3n) is 3.23. The van der Waals surface area contributed by atoms with E-state index in [0.29, 0.717) is 18.8 Å². The summed E-state index contributed by atoms with van der Waals surface area (Å²) in [6, 6.07) is 3.31. The number of halogens is 3. The van der Waals surface area contributed by atoms with Gasteiger partial charge in [0.25, 0.3) is 0 Å². The third kappa shape index (κ3) is 3.16. The number of nitrogen functional groups attached to an aromatic ring is 1. The molecule has 1 fully saturated rings. The van der Waals surface area contributed by atoms with Gasteiger partial charge in [0.1, 0.15) is 0 Å². The highest BCUT2D eigenvalue weighted by Crippen LogP contribution is 2.34. The summed E-state index contributed by atoms with van der Waals surface area (Å²) in [5.74, 6) is 0. The minimum atomic E-state index is -4.40. The lowest BCUT2D eigenvalue weighted by atomic mass is 10.1. The molecule has 0 saturated carbocycles. The molecule has 1 aromatic carbocycles. The van der Waals surface area contributed by atoms with Crippen LogP contribution in [0.1, 0.15) is 12.5 Å². The first kappa shape index (κ1) is 14.9. The van der Waals surface area contributed by atoms with Gasteiger partial charge in [-0.05, 0) is 25.1 Å². The van der Waals surface area contributed by atoms with Crippen molar-refractivity contribution in [2.45, 2.75) is 25.3 Å². The first-order valence-corrected chi connectivity index (χ1v) is 6.29. The zero-order valence-corrected chi connectivity index (χ0v) is 11.0. The molecule has 0 spiro atoms. The second-order valence-electron chi connectivity index (χ2n) is 4.93. The first-order valence-electron chi connectivity index (χ1n) is 6.29. The maximum absolute atomic E-state index is 12.6. The van der Waals surface area contributed by atoms with Gasteiger partial charge in [-0.3, -0.25) is 0 Å². The molecule has 0 aromatic heterocycles. The largest absolute Gasteiger partial charge is 0.416 e. The number of rotatable bonds is 2. The molecule has 0 bridgehead atoms. The Hall–Kier alpha value is -1.47. The molecule has 112 valence electrons. The van der Waals surface area contributed by atoms with E-state index < -0.39 is 11.7 Å². The van der Waals surface area contributed by atoms with Gasteiger partial charge in [-0.2, -0.15) is 13.2 Å². The second-order valence-corrected chi connectivity index (χ2v) is 4.93. The van der Waals surface area contributed by atoms with Crippen LogP contribution in [0.15, 0.2) is 18.2 Å². The molecule has 1 aliphatic rings. The third-order valence-corrected chi connectivity index (χ3v) is 3.23. The fourth-order valence-electron chi connectivity index (χ4n) is 2.36. The molecule has 2 rings (SSSR count). The zero-order valence-electron chi connectivity index (χ0n) is 11.0. The van der Waals surface area contributed by atoms with Crippen LogP contribution < -0.4 is 10.6 Å².